The Morgan fingerprint density at radius 2 is 2.06 bits per heavy atom. The Morgan fingerprint density at radius 1 is 1.33 bits per heavy atom. The standard InChI is InChI=1S/C15H19NO2/c1-11-7-8-13(9-16-10-17)15(12(11)2)18-14-5-3-4-6-14/h7-8,14H,3-6,9H2,1-2H3. The van der Waals surface area contributed by atoms with E-state index in [1.54, 1.807) is 6.08 Å². The van der Waals surface area contributed by atoms with Crippen LogP contribution in [0.1, 0.15) is 42.4 Å². The minimum absolute atomic E-state index is 0.324. The number of benzene rings is 1. The van der Waals surface area contributed by atoms with Crippen molar-refractivity contribution < 1.29 is 9.53 Å². The van der Waals surface area contributed by atoms with Crippen LogP contribution in [0, 0.1) is 13.8 Å². The molecule has 1 aliphatic carbocycles. The molecule has 0 heterocycles. The van der Waals surface area contributed by atoms with Crippen molar-refractivity contribution in [2.45, 2.75) is 52.2 Å². The molecule has 2 rings (SSSR count). The minimum Gasteiger partial charge on any atom is -0.490 e. The number of isocyanates is 1. The number of carbonyl (C=O) groups excluding carboxylic acids is 1. The molecule has 18 heavy (non-hydrogen) atoms. The maximum atomic E-state index is 10.3. The van der Waals surface area contributed by atoms with Gasteiger partial charge in [-0.05, 0) is 50.7 Å². The van der Waals surface area contributed by atoms with Crippen LogP contribution in [0.3, 0.4) is 0 Å². The van der Waals surface area contributed by atoms with Gasteiger partial charge in [0, 0.05) is 5.56 Å². The van der Waals surface area contributed by atoms with E-state index < -0.39 is 0 Å². The first-order chi connectivity index (χ1) is 8.72. The van der Waals surface area contributed by atoms with E-state index >= 15 is 0 Å². The lowest BCUT2D eigenvalue weighted by atomic mass is 10.0. The lowest BCUT2D eigenvalue weighted by molar-refractivity contribution is 0.206. The second-order valence-corrected chi connectivity index (χ2v) is 4.93. The molecule has 0 N–H and O–H groups in total. The molecule has 0 spiro atoms. The second-order valence-electron chi connectivity index (χ2n) is 4.93. The van der Waals surface area contributed by atoms with Gasteiger partial charge in [0.2, 0.25) is 6.08 Å². The van der Waals surface area contributed by atoms with Crippen molar-refractivity contribution in [3.05, 3.63) is 28.8 Å². The fraction of sp³-hybridized carbons (Fsp3) is 0.533. The third kappa shape index (κ3) is 2.80. The normalized spacial score (nSPS) is 15.4. The Morgan fingerprint density at radius 3 is 2.72 bits per heavy atom. The molecule has 0 aromatic heterocycles. The Balaban J connectivity index is 2.27. The van der Waals surface area contributed by atoms with Crippen molar-refractivity contribution >= 4 is 6.08 Å². The van der Waals surface area contributed by atoms with Gasteiger partial charge in [-0.2, -0.15) is 0 Å². The molecule has 0 aliphatic heterocycles. The molecular weight excluding hydrogens is 226 g/mol. The fourth-order valence-electron chi connectivity index (χ4n) is 2.43. The molecular formula is C15H19NO2. The van der Waals surface area contributed by atoms with Crippen molar-refractivity contribution in [2.75, 3.05) is 0 Å². The predicted molar refractivity (Wildman–Crippen MR) is 70.6 cm³/mol. The molecule has 1 aromatic carbocycles. The quantitative estimate of drug-likeness (QED) is 0.602. The van der Waals surface area contributed by atoms with E-state index in [0.29, 0.717) is 12.6 Å². The van der Waals surface area contributed by atoms with Crippen LogP contribution in [0.25, 0.3) is 0 Å². The van der Waals surface area contributed by atoms with Gasteiger partial charge in [-0.15, -0.1) is 0 Å². The first-order valence-electron chi connectivity index (χ1n) is 6.51. The molecule has 1 aliphatic rings. The predicted octanol–water partition coefficient (Wildman–Crippen LogP) is 3.46. The summed E-state index contributed by atoms with van der Waals surface area (Å²) in [5, 5.41) is 0. The van der Waals surface area contributed by atoms with Crippen molar-refractivity contribution in [3.63, 3.8) is 0 Å². The molecule has 0 radical (unpaired) electrons. The van der Waals surface area contributed by atoms with Crippen LogP contribution in [-0.2, 0) is 11.3 Å². The third-order valence-electron chi connectivity index (χ3n) is 3.66. The molecule has 0 bridgehead atoms. The van der Waals surface area contributed by atoms with Crippen molar-refractivity contribution in [1.82, 2.24) is 0 Å². The third-order valence-corrected chi connectivity index (χ3v) is 3.66. The van der Waals surface area contributed by atoms with Crippen LogP contribution in [0.4, 0.5) is 0 Å². The lowest BCUT2D eigenvalue weighted by Gasteiger charge is -2.19. The second kappa shape index (κ2) is 5.83. The molecule has 3 nitrogen and oxygen atoms in total. The number of rotatable bonds is 4. The van der Waals surface area contributed by atoms with Crippen LogP contribution in [-0.4, -0.2) is 12.2 Å². The highest BCUT2D eigenvalue weighted by atomic mass is 16.5. The van der Waals surface area contributed by atoms with Gasteiger partial charge >= 0.3 is 0 Å². The smallest absolute Gasteiger partial charge is 0.235 e. The van der Waals surface area contributed by atoms with Gasteiger partial charge in [-0.25, -0.2) is 9.79 Å². The molecule has 1 aromatic rings. The van der Waals surface area contributed by atoms with Gasteiger partial charge in [0.05, 0.1) is 12.6 Å². The van der Waals surface area contributed by atoms with Crippen LogP contribution in [0.5, 0.6) is 5.75 Å². The molecule has 1 saturated carbocycles. The summed E-state index contributed by atoms with van der Waals surface area (Å²) in [5.41, 5.74) is 3.34. The van der Waals surface area contributed by atoms with E-state index in [4.69, 9.17) is 4.74 Å². The van der Waals surface area contributed by atoms with E-state index in [-0.39, 0.29) is 0 Å². The first-order valence-corrected chi connectivity index (χ1v) is 6.51. The summed E-state index contributed by atoms with van der Waals surface area (Å²) in [6.45, 7) is 4.49. The van der Waals surface area contributed by atoms with E-state index in [2.05, 4.69) is 18.8 Å². The van der Waals surface area contributed by atoms with Gasteiger partial charge in [0.1, 0.15) is 5.75 Å². The highest BCUT2D eigenvalue weighted by Crippen LogP contribution is 2.31. The van der Waals surface area contributed by atoms with Gasteiger partial charge < -0.3 is 4.74 Å². The zero-order valence-corrected chi connectivity index (χ0v) is 11.0. The average Bonchev–Trinajstić information content (AvgIpc) is 2.87. The molecule has 0 saturated heterocycles. The maximum absolute atomic E-state index is 10.3. The molecule has 0 atom stereocenters. The van der Waals surface area contributed by atoms with Gasteiger partial charge in [-0.1, -0.05) is 12.1 Å². The summed E-state index contributed by atoms with van der Waals surface area (Å²) in [7, 11) is 0. The van der Waals surface area contributed by atoms with Gasteiger partial charge in [0.15, 0.2) is 0 Å². The summed E-state index contributed by atoms with van der Waals surface area (Å²) in [4.78, 5) is 13.9. The summed E-state index contributed by atoms with van der Waals surface area (Å²) >= 11 is 0. The summed E-state index contributed by atoms with van der Waals surface area (Å²) in [6, 6.07) is 4.04. The Hall–Kier alpha value is -1.60. The molecule has 0 unspecified atom stereocenters. The van der Waals surface area contributed by atoms with Crippen molar-refractivity contribution in [2.24, 2.45) is 4.99 Å². The van der Waals surface area contributed by atoms with E-state index in [9.17, 15) is 4.79 Å². The maximum Gasteiger partial charge on any atom is 0.235 e. The van der Waals surface area contributed by atoms with Gasteiger partial charge in [0.25, 0.3) is 0 Å². The first kappa shape index (κ1) is 12.8. The van der Waals surface area contributed by atoms with Gasteiger partial charge in [-0.3, -0.25) is 0 Å². The monoisotopic (exact) mass is 245 g/mol. The molecule has 3 heteroatoms. The summed E-state index contributed by atoms with van der Waals surface area (Å²) in [6.07, 6.45) is 6.67. The van der Waals surface area contributed by atoms with Crippen LogP contribution < -0.4 is 4.74 Å². The highest BCUT2D eigenvalue weighted by Gasteiger charge is 2.19. The summed E-state index contributed by atoms with van der Waals surface area (Å²) < 4.78 is 6.13. The topological polar surface area (TPSA) is 38.7 Å². The van der Waals surface area contributed by atoms with Crippen LogP contribution >= 0.6 is 0 Å². The number of hydrogen-bond acceptors (Lipinski definition) is 3. The largest absolute Gasteiger partial charge is 0.490 e. The number of hydrogen-bond donors (Lipinski definition) is 0. The Kier molecular flexibility index (Phi) is 4.16. The van der Waals surface area contributed by atoms with E-state index in [0.717, 1.165) is 29.7 Å². The zero-order valence-electron chi connectivity index (χ0n) is 11.0. The zero-order chi connectivity index (χ0) is 13.0. The van der Waals surface area contributed by atoms with Crippen molar-refractivity contribution in [3.8, 4) is 5.75 Å². The molecule has 0 amide bonds. The number of ether oxygens (including phenoxy) is 1. The van der Waals surface area contributed by atoms with E-state index in [1.165, 1.54) is 18.4 Å². The van der Waals surface area contributed by atoms with Crippen LogP contribution in [0.15, 0.2) is 17.1 Å². The Bertz CT molecular complexity index is 470. The molecule has 96 valence electrons. The highest BCUT2D eigenvalue weighted by molar-refractivity contribution is 5.46. The fourth-order valence-corrected chi connectivity index (χ4v) is 2.43. The van der Waals surface area contributed by atoms with E-state index in [1.807, 2.05) is 12.1 Å². The number of aryl methyl sites for hydroxylation is 1. The lowest BCUT2D eigenvalue weighted by Crippen LogP contribution is -2.13. The summed E-state index contributed by atoms with van der Waals surface area (Å²) in [5.74, 6) is 0.918. The minimum atomic E-state index is 0.324. The van der Waals surface area contributed by atoms with Crippen LogP contribution in [0.2, 0.25) is 0 Å². The average molecular weight is 245 g/mol. The molecule has 1 fully saturated rings. The number of nitrogens with zero attached hydrogens (tertiary/aromatic N) is 1. The van der Waals surface area contributed by atoms with Crippen molar-refractivity contribution in [1.29, 1.82) is 0 Å². The Labute approximate surface area is 108 Å². The SMILES string of the molecule is Cc1ccc(CN=C=O)c(OC2CCCC2)c1C. The number of aliphatic imine (C=N–C) groups is 1.